The largest absolute Gasteiger partial charge is 0.334 e. The summed E-state index contributed by atoms with van der Waals surface area (Å²) >= 11 is 1.60. The van der Waals surface area contributed by atoms with Gasteiger partial charge in [-0.05, 0) is 69.5 Å². The number of likely N-dealkylation sites (N-methyl/N-ethyl adjacent to an activating group) is 1. The minimum absolute atomic E-state index is 0.0337. The highest BCUT2D eigenvalue weighted by Crippen LogP contribution is 2.31. The molecule has 148 valence electrons. The van der Waals surface area contributed by atoms with Crippen LogP contribution in [0.5, 0.6) is 0 Å². The van der Waals surface area contributed by atoms with Crippen molar-refractivity contribution in [3.8, 4) is 0 Å². The number of rotatable bonds is 7. The Labute approximate surface area is 171 Å². The van der Waals surface area contributed by atoms with E-state index in [0.29, 0.717) is 6.54 Å². The van der Waals surface area contributed by atoms with Crippen LogP contribution in [0.2, 0.25) is 0 Å². The predicted octanol–water partition coefficient (Wildman–Crippen LogP) is 3.79. The number of quaternary nitrogens is 1. The lowest BCUT2D eigenvalue weighted by Gasteiger charge is -2.23. The van der Waals surface area contributed by atoms with E-state index >= 15 is 0 Å². The Kier molecular flexibility index (Phi) is 6.47. The topological polar surface area (TPSA) is 37.6 Å². The number of carbonyl (C=O) groups is 1. The Bertz CT molecular complexity index is 975. The Morgan fingerprint density at radius 2 is 1.79 bits per heavy atom. The second-order valence-electron chi connectivity index (χ2n) is 7.38. The van der Waals surface area contributed by atoms with Crippen LogP contribution in [0.3, 0.4) is 0 Å². The van der Waals surface area contributed by atoms with Crippen molar-refractivity contribution >= 4 is 32.6 Å². The molecule has 0 spiro atoms. The number of aromatic nitrogens is 1. The average Bonchev–Trinajstić information content (AvgIpc) is 3.12. The summed E-state index contributed by atoms with van der Waals surface area (Å²) in [6.45, 7) is 14.3. The van der Waals surface area contributed by atoms with Crippen molar-refractivity contribution in [2.75, 3.05) is 31.1 Å². The van der Waals surface area contributed by atoms with E-state index in [9.17, 15) is 4.79 Å². The fourth-order valence-electron chi connectivity index (χ4n) is 3.38. The van der Waals surface area contributed by atoms with Crippen LogP contribution in [-0.2, 0) is 0 Å². The van der Waals surface area contributed by atoms with Crippen LogP contribution in [0.15, 0.2) is 36.4 Å². The van der Waals surface area contributed by atoms with Crippen LogP contribution in [0, 0.1) is 20.8 Å². The lowest BCUT2D eigenvalue weighted by Crippen LogP contribution is -3.12. The average molecular weight is 397 g/mol. The Hall–Kier alpha value is -2.24. The zero-order chi connectivity index (χ0) is 20.3. The molecule has 1 heterocycles. The summed E-state index contributed by atoms with van der Waals surface area (Å²) in [6.07, 6.45) is 0. The van der Waals surface area contributed by atoms with Crippen LogP contribution in [-0.4, -0.2) is 37.1 Å². The van der Waals surface area contributed by atoms with Gasteiger partial charge >= 0.3 is 0 Å². The minimum atomic E-state index is 0.0337. The molecule has 0 aliphatic carbocycles. The van der Waals surface area contributed by atoms with Crippen molar-refractivity contribution in [3.63, 3.8) is 0 Å². The fourth-order valence-corrected chi connectivity index (χ4v) is 4.45. The van der Waals surface area contributed by atoms with Gasteiger partial charge in [-0.25, -0.2) is 4.98 Å². The summed E-state index contributed by atoms with van der Waals surface area (Å²) in [5.41, 5.74) is 5.21. The predicted molar refractivity (Wildman–Crippen MR) is 119 cm³/mol. The number of aryl methyl sites for hydroxylation is 3. The second-order valence-corrected chi connectivity index (χ2v) is 8.39. The van der Waals surface area contributed by atoms with Gasteiger partial charge in [0, 0.05) is 5.56 Å². The summed E-state index contributed by atoms with van der Waals surface area (Å²) < 4.78 is 1.13. The number of anilines is 1. The number of fused-ring (bicyclic) bond motifs is 1. The number of benzene rings is 2. The maximum absolute atomic E-state index is 13.4. The molecule has 28 heavy (non-hydrogen) atoms. The maximum atomic E-state index is 13.4. The molecule has 3 aromatic rings. The van der Waals surface area contributed by atoms with Crippen molar-refractivity contribution in [1.82, 2.24) is 4.98 Å². The number of para-hydroxylation sites is 1. The molecule has 3 rings (SSSR count). The van der Waals surface area contributed by atoms with Gasteiger partial charge in [-0.3, -0.25) is 9.69 Å². The second kappa shape index (κ2) is 8.84. The van der Waals surface area contributed by atoms with E-state index in [2.05, 4.69) is 52.8 Å². The van der Waals surface area contributed by atoms with Crippen molar-refractivity contribution < 1.29 is 9.69 Å². The summed E-state index contributed by atoms with van der Waals surface area (Å²) in [5.74, 6) is 0.0337. The highest BCUT2D eigenvalue weighted by molar-refractivity contribution is 7.22. The standard InChI is InChI=1S/C23H29N3OS/c1-6-25(7-2)13-14-26(22(27)19-12-11-16(3)18(5)15-19)23-24-21-17(4)9-8-10-20(21)28-23/h8-12,15H,6-7,13-14H2,1-5H3/p+1. The van der Waals surface area contributed by atoms with Gasteiger partial charge in [-0.1, -0.05) is 29.5 Å². The summed E-state index contributed by atoms with van der Waals surface area (Å²) in [5, 5.41) is 0.791. The molecular formula is C23H30N3OS+. The normalized spacial score (nSPS) is 11.4. The van der Waals surface area contributed by atoms with Gasteiger partial charge in [0.25, 0.3) is 5.91 Å². The third kappa shape index (κ3) is 4.26. The van der Waals surface area contributed by atoms with Gasteiger partial charge in [0.2, 0.25) is 0 Å². The van der Waals surface area contributed by atoms with E-state index in [1.165, 1.54) is 10.5 Å². The summed E-state index contributed by atoms with van der Waals surface area (Å²) in [6, 6.07) is 12.2. The van der Waals surface area contributed by atoms with Gasteiger partial charge in [-0.2, -0.15) is 0 Å². The molecule has 0 radical (unpaired) electrons. The van der Waals surface area contributed by atoms with Crippen molar-refractivity contribution in [3.05, 3.63) is 58.7 Å². The zero-order valence-corrected chi connectivity index (χ0v) is 18.3. The Morgan fingerprint density at radius 3 is 2.43 bits per heavy atom. The Morgan fingerprint density at radius 1 is 1.04 bits per heavy atom. The molecule has 1 N–H and O–H groups in total. The summed E-state index contributed by atoms with van der Waals surface area (Å²) in [7, 11) is 0. The number of carbonyl (C=O) groups excluding carboxylic acids is 1. The number of nitrogens with zero attached hydrogens (tertiary/aromatic N) is 2. The number of amides is 1. The molecule has 0 fully saturated rings. The highest BCUT2D eigenvalue weighted by Gasteiger charge is 2.23. The minimum Gasteiger partial charge on any atom is -0.334 e. The first-order valence-corrected chi connectivity index (χ1v) is 10.8. The molecule has 0 saturated heterocycles. The number of hydrogen-bond donors (Lipinski definition) is 1. The Balaban J connectivity index is 1.98. The van der Waals surface area contributed by atoms with Crippen LogP contribution in [0.25, 0.3) is 10.2 Å². The van der Waals surface area contributed by atoms with E-state index in [-0.39, 0.29) is 5.91 Å². The number of thiazole rings is 1. The first-order chi connectivity index (χ1) is 13.4. The third-order valence-electron chi connectivity index (χ3n) is 5.53. The van der Waals surface area contributed by atoms with Gasteiger partial charge in [0.15, 0.2) is 5.13 Å². The summed E-state index contributed by atoms with van der Waals surface area (Å²) in [4.78, 5) is 21.6. The van der Waals surface area contributed by atoms with E-state index < -0.39 is 0 Å². The molecule has 1 amide bonds. The molecule has 0 atom stereocenters. The van der Waals surface area contributed by atoms with Crippen LogP contribution >= 0.6 is 11.3 Å². The van der Waals surface area contributed by atoms with Crippen molar-refractivity contribution in [1.29, 1.82) is 0 Å². The van der Waals surface area contributed by atoms with Crippen LogP contribution in [0.4, 0.5) is 5.13 Å². The van der Waals surface area contributed by atoms with E-state index in [1.54, 1.807) is 11.3 Å². The lowest BCUT2D eigenvalue weighted by atomic mass is 10.1. The van der Waals surface area contributed by atoms with Crippen LogP contribution < -0.4 is 9.80 Å². The highest BCUT2D eigenvalue weighted by atomic mass is 32.1. The SMILES string of the molecule is CC[NH+](CC)CCN(C(=O)c1ccc(C)c(C)c1)c1nc2c(C)cccc2s1. The van der Waals surface area contributed by atoms with Gasteiger partial charge in [0.1, 0.15) is 0 Å². The van der Waals surface area contributed by atoms with Gasteiger partial charge < -0.3 is 4.90 Å². The van der Waals surface area contributed by atoms with E-state index in [1.807, 2.05) is 23.1 Å². The zero-order valence-electron chi connectivity index (χ0n) is 17.5. The first kappa shape index (κ1) is 20.5. The van der Waals surface area contributed by atoms with Gasteiger partial charge in [-0.15, -0.1) is 0 Å². The molecule has 0 bridgehead atoms. The van der Waals surface area contributed by atoms with E-state index in [4.69, 9.17) is 4.98 Å². The monoisotopic (exact) mass is 396 g/mol. The van der Waals surface area contributed by atoms with Gasteiger partial charge in [0.05, 0.1) is 36.4 Å². The molecule has 0 saturated carbocycles. The quantitative estimate of drug-likeness (QED) is 0.660. The number of nitrogens with one attached hydrogen (secondary N) is 1. The molecule has 2 aromatic carbocycles. The molecule has 5 heteroatoms. The lowest BCUT2D eigenvalue weighted by molar-refractivity contribution is -0.894. The molecule has 0 aliphatic heterocycles. The third-order valence-corrected chi connectivity index (χ3v) is 6.57. The maximum Gasteiger partial charge on any atom is 0.260 e. The van der Waals surface area contributed by atoms with Crippen molar-refractivity contribution in [2.45, 2.75) is 34.6 Å². The van der Waals surface area contributed by atoms with E-state index in [0.717, 1.165) is 51.7 Å². The molecular weight excluding hydrogens is 366 g/mol. The van der Waals surface area contributed by atoms with Crippen molar-refractivity contribution in [2.24, 2.45) is 0 Å². The first-order valence-electron chi connectivity index (χ1n) is 10.0. The number of hydrogen-bond acceptors (Lipinski definition) is 3. The molecule has 1 aromatic heterocycles. The van der Waals surface area contributed by atoms with Crippen LogP contribution in [0.1, 0.15) is 40.9 Å². The smallest absolute Gasteiger partial charge is 0.260 e. The molecule has 0 unspecified atom stereocenters. The molecule has 4 nitrogen and oxygen atoms in total. The fraction of sp³-hybridized carbons (Fsp3) is 0.391. The molecule has 0 aliphatic rings.